The van der Waals surface area contributed by atoms with Crippen LogP contribution in [0.1, 0.15) is 20.3 Å². The molecule has 0 bridgehead atoms. The Labute approximate surface area is 99.5 Å². The molecule has 1 N–H and O–H groups in total. The molecular weight excluding hydrogens is 243 g/mol. The zero-order chi connectivity index (χ0) is 12.6. The minimum atomic E-state index is -4.23. The van der Waals surface area contributed by atoms with Crippen molar-refractivity contribution >= 4 is 11.6 Å². The first-order valence-corrected chi connectivity index (χ1v) is 5.76. The van der Waals surface area contributed by atoms with Crippen LogP contribution in [-0.4, -0.2) is 37.9 Å². The molecule has 0 aliphatic heterocycles. The van der Waals surface area contributed by atoms with Gasteiger partial charge in [0.25, 0.3) is 0 Å². The summed E-state index contributed by atoms with van der Waals surface area (Å²) in [5, 5.41) is 3.12. The lowest BCUT2D eigenvalue weighted by Gasteiger charge is -2.14. The van der Waals surface area contributed by atoms with Gasteiger partial charge in [0.05, 0.1) is 0 Å². The maximum atomic E-state index is 11.7. The van der Waals surface area contributed by atoms with Crippen LogP contribution in [-0.2, 0) is 4.74 Å². The fourth-order valence-electron chi connectivity index (χ4n) is 0.963. The molecule has 0 aromatic rings. The van der Waals surface area contributed by atoms with Crippen LogP contribution in [0.25, 0.3) is 0 Å². The Morgan fingerprint density at radius 3 is 2.44 bits per heavy atom. The molecule has 0 aliphatic carbocycles. The normalized spacial score (nSPS) is 14.4. The third kappa shape index (κ3) is 10.5. The van der Waals surface area contributed by atoms with Gasteiger partial charge >= 0.3 is 6.18 Å². The Hall–Kier alpha value is -0.0000000000000000555. The third-order valence-corrected chi connectivity index (χ3v) is 2.63. The molecule has 0 rings (SSSR count). The number of ether oxygens (including phenoxy) is 1. The number of hydrogen-bond donors (Lipinski definition) is 1. The van der Waals surface area contributed by atoms with Crippen LogP contribution in [0.4, 0.5) is 13.2 Å². The molecule has 0 amide bonds. The van der Waals surface area contributed by atoms with E-state index in [1.807, 2.05) is 13.8 Å². The lowest BCUT2D eigenvalue weighted by Crippen LogP contribution is -2.28. The first-order valence-electron chi connectivity index (χ1n) is 5.32. The van der Waals surface area contributed by atoms with Gasteiger partial charge in [-0.05, 0) is 18.9 Å². The van der Waals surface area contributed by atoms with E-state index in [0.29, 0.717) is 25.4 Å². The maximum absolute atomic E-state index is 11.7. The van der Waals surface area contributed by atoms with E-state index < -0.39 is 12.8 Å². The first-order chi connectivity index (χ1) is 7.33. The van der Waals surface area contributed by atoms with E-state index in [-0.39, 0.29) is 12.0 Å². The third-order valence-electron chi connectivity index (χ3n) is 1.97. The molecule has 0 aromatic heterocycles. The zero-order valence-corrected chi connectivity index (χ0v) is 10.4. The summed E-state index contributed by atoms with van der Waals surface area (Å²) in [7, 11) is 0. The predicted molar refractivity (Wildman–Crippen MR) is 58.8 cm³/mol. The van der Waals surface area contributed by atoms with E-state index >= 15 is 0 Å². The van der Waals surface area contributed by atoms with Crippen molar-refractivity contribution < 1.29 is 17.9 Å². The largest absolute Gasteiger partial charge is 0.411 e. The van der Waals surface area contributed by atoms with Gasteiger partial charge in [-0.15, -0.1) is 11.6 Å². The molecule has 0 saturated heterocycles. The molecule has 0 saturated carbocycles. The number of rotatable bonds is 8. The average molecular weight is 262 g/mol. The Morgan fingerprint density at radius 2 is 1.94 bits per heavy atom. The summed E-state index contributed by atoms with van der Waals surface area (Å²) in [6.07, 6.45) is -3.68. The second-order valence-corrected chi connectivity index (χ2v) is 4.55. The van der Waals surface area contributed by atoms with Crippen molar-refractivity contribution in [3.63, 3.8) is 0 Å². The van der Waals surface area contributed by atoms with Crippen molar-refractivity contribution in [2.45, 2.75) is 31.8 Å². The van der Waals surface area contributed by atoms with Crippen LogP contribution in [0.15, 0.2) is 0 Å². The zero-order valence-electron chi connectivity index (χ0n) is 9.61. The van der Waals surface area contributed by atoms with E-state index in [4.69, 9.17) is 11.6 Å². The molecular formula is C10H19ClF3NO. The molecule has 98 valence electrons. The summed E-state index contributed by atoms with van der Waals surface area (Å²) < 4.78 is 39.5. The van der Waals surface area contributed by atoms with E-state index in [1.165, 1.54) is 0 Å². The second kappa shape index (κ2) is 8.14. The Balaban J connectivity index is 3.22. The van der Waals surface area contributed by atoms with Crippen LogP contribution >= 0.6 is 11.6 Å². The molecule has 2 nitrogen and oxygen atoms in total. The maximum Gasteiger partial charge on any atom is 0.411 e. The SMILES string of the molecule is CC(C)C(Cl)CNCCCOCC(F)(F)F. The van der Waals surface area contributed by atoms with E-state index in [1.54, 1.807) is 0 Å². The van der Waals surface area contributed by atoms with E-state index in [0.717, 1.165) is 0 Å². The van der Waals surface area contributed by atoms with Crippen molar-refractivity contribution in [2.75, 3.05) is 26.3 Å². The summed E-state index contributed by atoms with van der Waals surface area (Å²) in [5.41, 5.74) is 0. The molecule has 1 unspecified atom stereocenters. The fraction of sp³-hybridized carbons (Fsp3) is 1.00. The lowest BCUT2D eigenvalue weighted by atomic mass is 10.1. The topological polar surface area (TPSA) is 21.3 Å². The summed E-state index contributed by atoms with van der Waals surface area (Å²) in [6.45, 7) is 4.27. The van der Waals surface area contributed by atoms with Crippen LogP contribution < -0.4 is 5.32 Å². The monoisotopic (exact) mass is 261 g/mol. The number of alkyl halides is 4. The first kappa shape index (κ1) is 16.0. The van der Waals surface area contributed by atoms with Gasteiger partial charge in [0.1, 0.15) is 6.61 Å². The van der Waals surface area contributed by atoms with E-state index in [2.05, 4.69) is 10.1 Å². The van der Waals surface area contributed by atoms with Crippen molar-refractivity contribution in [1.29, 1.82) is 0 Å². The van der Waals surface area contributed by atoms with Crippen LogP contribution in [0.5, 0.6) is 0 Å². The Kier molecular flexibility index (Phi) is 8.14. The quantitative estimate of drug-likeness (QED) is 0.536. The molecule has 0 spiro atoms. The van der Waals surface area contributed by atoms with Crippen molar-refractivity contribution in [3.05, 3.63) is 0 Å². The highest BCUT2D eigenvalue weighted by molar-refractivity contribution is 6.20. The molecule has 0 heterocycles. The van der Waals surface area contributed by atoms with Gasteiger partial charge in [-0.25, -0.2) is 0 Å². The van der Waals surface area contributed by atoms with Crippen LogP contribution in [0.2, 0.25) is 0 Å². The van der Waals surface area contributed by atoms with Crippen molar-refractivity contribution in [3.8, 4) is 0 Å². The smallest absolute Gasteiger partial charge is 0.372 e. The van der Waals surface area contributed by atoms with Gasteiger partial charge in [-0.2, -0.15) is 13.2 Å². The second-order valence-electron chi connectivity index (χ2n) is 3.99. The summed E-state index contributed by atoms with van der Waals surface area (Å²) in [5.74, 6) is 0.385. The molecule has 0 aromatic carbocycles. The van der Waals surface area contributed by atoms with Gasteiger partial charge in [-0.1, -0.05) is 13.8 Å². The average Bonchev–Trinajstić information content (AvgIpc) is 2.14. The van der Waals surface area contributed by atoms with Crippen molar-refractivity contribution in [1.82, 2.24) is 5.32 Å². The number of nitrogens with one attached hydrogen (secondary N) is 1. The Bertz CT molecular complexity index is 176. The molecule has 0 radical (unpaired) electrons. The van der Waals surface area contributed by atoms with Gasteiger partial charge in [0.2, 0.25) is 0 Å². The highest BCUT2D eigenvalue weighted by Gasteiger charge is 2.27. The summed E-state index contributed by atoms with van der Waals surface area (Å²) in [4.78, 5) is 0. The lowest BCUT2D eigenvalue weighted by molar-refractivity contribution is -0.173. The van der Waals surface area contributed by atoms with Gasteiger partial charge in [-0.3, -0.25) is 0 Å². The van der Waals surface area contributed by atoms with Gasteiger partial charge in [0.15, 0.2) is 0 Å². The minimum absolute atomic E-state index is 0.0519. The van der Waals surface area contributed by atoms with Crippen molar-refractivity contribution in [2.24, 2.45) is 5.92 Å². The highest BCUT2D eigenvalue weighted by atomic mass is 35.5. The molecule has 1 atom stereocenters. The van der Waals surface area contributed by atoms with Gasteiger partial charge < -0.3 is 10.1 Å². The van der Waals surface area contributed by atoms with Gasteiger partial charge in [0, 0.05) is 18.5 Å². The fourth-order valence-corrected chi connectivity index (χ4v) is 1.07. The number of hydrogen-bond acceptors (Lipinski definition) is 2. The molecule has 16 heavy (non-hydrogen) atoms. The molecule has 6 heteroatoms. The summed E-state index contributed by atoms with van der Waals surface area (Å²) in [6, 6.07) is 0. The predicted octanol–water partition coefficient (Wildman–Crippen LogP) is 2.81. The van der Waals surface area contributed by atoms with E-state index in [9.17, 15) is 13.2 Å². The van der Waals surface area contributed by atoms with Crippen LogP contribution in [0.3, 0.4) is 0 Å². The number of halogens is 4. The summed E-state index contributed by atoms with van der Waals surface area (Å²) >= 11 is 5.97. The Morgan fingerprint density at radius 1 is 1.31 bits per heavy atom. The van der Waals surface area contributed by atoms with Crippen LogP contribution in [0, 0.1) is 5.92 Å². The molecule has 0 fully saturated rings. The molecule has 0 aliphatic rings. The highest BCUT2D eigenvalue weighted by Crippen LogP contribution is 2.14. The minimum Gasteiger partial charge on any atom is -0.372 e. The standard InChI is InChI=1S/C10H19ClF3NO/c1-8(2)9(11)6-15-4-3-5-16-7-10(12,13)14/h8-9,15H,3-7H2,1-2H3.